The van der Waals surface area contributed by atoms with E-state index in [4.69, 9.17) is 23.0 Å². The summed E-state index contributed by atoms with van der Waals surface area (Å²) in [6.07, 6.45) is 0.820. The Bertz CT molecular complexity index is 965. The van der Waals surface area contributed by atoms with Gasteiger partial charge >= 0.3 is 183 Å². The summed E-state index contributed by atoms with van der Waals surface area (Å²) in [6, 6.07) is 16.1. The fourth-order valence-electron chi connectivity index (χ4n) is 5.57. The van der Waals surface area contributed by atoms with E-state index in [0.717, 1.165) is 67.3 Å². The first-order valence-corrected chi connectivity index (χ1v) is 13.4. The molecule has 3 heterocycles. The molecule has 31 heavy (non-hydrogen) atoms. The number of hydrogen-bond acceptors (Lipinski definition) is 6. The molecular formula is C23H30N2O5Si. The van der Waals surface area contributed by atoms with E-state index in [2.05, 4.69) is 0 Å². The van der Waals surface area contributed by atoms with Crippen LogP contribution in [-0.2, 0) is 13.3 Å². The standard InChI is InChI=1S/C23H30N2O5Si/c1-27-20-8-9-21(22(26)18-20)23(19-6-3-2-4-7-19)24-10-5-17-31-25(11-14-28-31,12-15-29-31)13-16-30-31/h2-4,6-9,18,26H,5,10-17H2,1H3. The molecule has 0 unspecified atom stereocenters. The van der Waals surface area contributed by atoms with Crippen LogP contribution >= 0.6 is 0 Å². The summed E-state index contributed by atoms with van der Waals surface area (Å²) in [7, 11) is -1.79. The van der Waals surface area contributed by atoms with E-state index in [0.29, 0.717) is 17.9 Å². The van der Waals surface area contributed by atoms with E-state index in [9.17, 15) is 5.11 Å². The zero-order chi connectivity index (χ0) is 21.4. The molecule has 5 rings (SSSR count). The molecule has 0 aliphatic carbocycles. The van der Waals surface area contributed by atoms with Crippen LogP contribution in [0.5, 0.6) is 11.5 Å². The molecule has 8 heteroatoms. The van der Waals surface area contributed by atoms with Crippen molar-refractivity contribution >= 4 is 14.0 Å². The fourth-order valence-corrected chi connectivity index (χ4v) is 11.3. The summed E-state index contributed by atoms with van der Waals surface area (Å²) < 4.78 is 25.2. The summed E-state index contributed by atoms with van der Waals surface area (Å²) in [6.45, 7) is 5.81. The van der Waals surface area contributed by atoms with Gasteiger partial charge in [0, 0.05) is 0 Å². The molecule has 0 radical (unpaired) electrons. The molecular weight excluding hydrogens is 412 g/mol. The predicted octanol–water partition coefficient (Wildman–Crippen LogP) is 2.93. The average molecular weight is 443 g/mol. The maximum atomic E-state index is 10.6. The summed E-state index contributed by atoms with van der Waals surface area (Å²) in [5.74, 6) is 0.769. The van der Waals surface area contributed by atoms with Crippen molar-refractivity contribution in [3.05, 3.63) is 59.7 Å². The number of ether oxygens (including phenoxy) is 1. The number of phenolic OH excluding ortho intramolecular Hbond substituents is 1. The number of aliphatic imine (C=N–C) groups is 1. The van der Waals surface area contributed by atoms with Crippen molar-refractivity contribution in [1.82, 2.24) is 0 Å². The average Bonchev–Trinajstić information content (AvgIpc) is 3.35. The third kappa shape index (κ3) is 3.13. The van der Waals surface area contributed by atoms with E-state index < -0.39 is 8.24 Å². The quantitative estimate of drug-likeness (QED) is 0.406. The first kappa shape index (κ1) is 20.7. The Morgan fingerprint density at radius 3 is 2.32 bits per heavy atom. The summed E-state index contributed by atoms with van der Waals surface area (Å²) in [5, 5.41) is 10.6. The first-order chi connectivity index (χ1) is 15.1. The van der Waals surface area contributed by atoms with Gasteiger partial charge in [0.15, 0.2) is 0 Å². The first-order valence-electron chi connectivity index (χ1n) is 11.0. The third-order valence-corrected chi connectivity index (χ3v) is 13.2. The Morgan fingerprint density at radius 1 is 1.03 bits per heavy atom. The monoisotopic (exact) mass is 442 g/mol. The molecule has 0 spiro atoms. The number of aromatic hydroxyl groups is 1. The molecule has 7 nitrogen and oxygen atoms in total. The van der Waals surface area contributed by atoms with Crippen LogP contribution in [0.2, 0.25) is 6.04 Å². The summed E-state index contributed by atoms with van der Waals surface area (Å²) >= 11 is 0. The van der Waals surface area contributed by atoms with Crippen LogP contribution in [0.1, 0.15) is 17.5 Å². The van der Waals surface area contributed by atoms with Crippen molar-refractivity contribution in [2.75, 3.05) is 53.1 Å². The van der Waals surface area contributed by atoms with Gasteiger partial charge < -0.3 is 0 Å². The van der Waals surface area contributed by atoms with Crippen molar-refractivity contribution in [2.45, 2.75) is 12.5 Å². The van der Waals surface area contributed by atoms with E-state index >= 15 is 0 Å². The Hall–Kier alpha value is -2.23. The van der Waals surface area contributed by atoms with Crippen molar-refractivity contribution in [3.63, 3.8) is 0 Å². The molecule has 0 saturated carbocycles. The van der Waals surface area contributed by atoms with Gasteiger partial charge in [-0.25, -0.2) is 0 Å². The molecule has 1 N–H and O–H groups in total. The number of quaternary nitrogens is 1. The zero-order valence-electron chi connectivity index (χ0n) is 18.0. The van der Waals surface area contributed by atoms with Crippen molar-refractivity contribution in [2.24, 2.45) is 4.99 Å². The molecule has 0 amide bonds. The van der Waals surface area contributed by atoms with Gasteiger partial charge in [0.2, 0.25) is 0 Å². The Balaban J connectivity index is 1.39. The summed E-state index contributed by atoms with van der Waals surface area (Å²) in [5.41, 5.74) is 2.43. The molecule has 3 saturated heterocycles. The molecule has 3 aliphatic heterocycles. The molecule has 0 atom stereocenters. The van der Waals surface area contributed by atoms with E-state index in [1.807, 2.05) is 42.5 Å². The van der Waals surface area contributed by atoms with Crippen LogP contribution in [0.4, 0.5) is 0 Å². The van der Waals surface area contributed by atoms with Gasteiger partial charge in [-0.1, -0.05) is 0 Å². The van der Waals surface area contributed by atoms with Gasteiger partial charge in [0.25, 0.3) is 0 Å². The van der Waals surface area contributed by atoms with Gasteiger partial charge in [0.05, 0.1) is 0 Å². The second-order valence-electron chi connectivity index (χ2n) is 8.56. The third-order valence-electron chi connectivity index (χ3n) is 7.16. The number of methoxy groups -OCH3 is 1. The Kier molecular flexibility index (Phi) is 5.14. The van der Waals surface area contributed by atoms with Gasteiger partial charge in [-0.05, 0) is 0 Å². The van der Waals surface area contributed by atoms with Crippen molar-refractivity contribution < 1.29 is 27.3 Å². The summed E-state index contributed by atoms with van der Waals surface area (Å²) in [4.78, 5) is 4.93. The predicted molar refractivity (Wildman–Crippen MR) is 120 cm³/mol. The van der Waals surface area contributed by atoms with Gasteiger partial charge in [-0.15, -0.1) is 0 Å². The minimum atomic E-state index is -3.38. The van der Waals surface area contributed by atoms with Crippen LogP contribution in [0, 0.1) is 0 Å². The van der Waals surface area contributed by atoms with Crippen LogP contribution in [0.15, 0.2) is 53.5 Å². The van der Waals surface area contributed by atoms with Gasteiger partial charge in [-0.3, -0.25) is 0 Å². The molecule has 3 aliphatic rings. The SMILES string of the molecule is COc1ccc(C(=NCCC[Si-]234OCC[N+]2(CCO3)CCO4)c2ccccc2)c(O)c1. The van der Waals surface area contributed by atoms with E-state index in [-0.39, 0.29) is 5.75 Å². The minimum absolute atomic E-state index is 0.155. The van der Waals surface area contributed by atoms with Crippen LogP contribution < -0.4 is 4.74 Å². The van der Waals surface area contributed by atoms with Crippen LogP contribution in [-0.4, -0.2) is 76.3 Å². The molecule has 2 aromatic carbocycles. The molecule has 166 valence electrons. The number of benzene rings is 2. The topological polar surface area (TPSA) is 69.5 Å². The van der Waals surface area contributed by atoms with Gasteiger partial charge in [-0.2, -0.15) is 0 Å². The van der Waals surface area contributed by atoms with E-state index in [1.54, 1.807) is 13.2 Å². The van der Waals surface area contributed by atoms with E-state index in [1.165, 1.54) is 0 Å². The molecule has 2 aromatic rings. The van der Waals surface area contributed by atoms with Crippen LogP contribution in [0.25, 0.3) is 0 Å². The second kappa shape index (κ2) is 7.72. The molecule has 3 fully saturated rings. The Morgan fingerprint density at radius 2 is 1.71 bits per heavy atom. The maximum absolute atomic E-state index is 10.6. The normalized spacial score (nSPS) is 27.3. The Labute approximate surface area is 183 Å². The number of phenols is 1. The fraction of sp³-hybridized carbons (Fsp3) is 0.435. The number of hydrogen-bond donors (Lipinski definition) is 1. The second-order valence-corrected chi connectivity index (χ2v) is 13.1. The number of nitrogens with zero attached hydrogens (tertiary/aromatic N) is 2. The van der Waals surface area contributed by atoms with Gasteiger partial charge in [0.1, 0.15) is 0 Å². The van der Waals surface area contributed by atoms with Crippen LogP contribution in [0.3, 0.4) is 0 Å². The molecule has 0 bridgehead atoms. The number of rotatable bonds is 7. The van der Waals surface area contributed by atoms with Crippen molar-refractivity contribution in [1.29, 1.82) is 0 Å². The zero-order valence-corrected chi connectivity index (χ0v) is 19.0. The molecule has 0 aromatic heterocycles. The van der Waals surface area contributed by atoms with Crippen molar-refractivity contribution in [3.8, 4) is 11.5 Å².